The summed E-state index contributed by atoms with van der Waals surface area (Å²) in [6.07, 6.45) is 2.63. The van der Waals surface area contributed by atoms with E-state index in [1.165, 1.54) is 5.57 Å². The zero-order valence-corrected chi connectivity index (χ0v) is 16.7. The Bertz CT molecular complexity index is 832. The number of aromatic hydroxyl groups is 1. The summed E-state index contributed by atoms with van der Waals surface area (Å²) in [4.78, 5) is 12.5. The van der Waals surface area contributed by atoms with Crippen LogP contribution in [0.5, 0.6) is 17.2 Å². The Labute approximate surface area is 161 Å². The van der Waals surface area contributed by atoms with Gasteiger partial charge in [-0.3, -0.25) is 4.79 Å². The van der Waals surface area contributed by atoms with E-state index in [0.717, 1.165) is 11.1 Å². The SMILES string of the molecule is CC.COc1ccc2c(c1)OC(c1ccc(O)c(CC=C(C)C)c1)CC2=O. The molecule has 1 heterocycles. The van der Waals surface area contributed by atoms with Crippen molar-refractivity contribution in [3.05, 3.63) is 64.7 Å². The summed E-state index contributed by atoms with van der Waals surface area (Å²) in [5.74, 6) is 1.50. The first-order valence-electron chi connectivity index (χ1n) is 9.31. The number of allylic oxidation sites excluding steroid dienone is 2. The fourth-order valence-corrected chi connectivity index (χ4v) is 2.90. The van der Waals surface area contributed by atoms with E-state index in [1.807, 2.05) is 39.8 Å². The molecule has 1 N–H and O–H groups in total. The molecule has 0 aliphatic carbocycles. The lowest BCUT2D eigenvalue weighted by Gasteiger charge is -2.26. The number of ether oxygens (including phenoxy) is 2. The standard InChI is InChI=1S/C21H22O4.C2H6/c1-13(2)4-5-14-10-15(6-9-18(14)22)20-12-19(23)17-8-7-16(24-3)11-21(17)25-20;1-2/h4,6-11,20,22H,5,12H2,1-3H3;1-2H3. The lowest BCUT2D eigenvalue weighted by molar-refractivity contribution is 0.0849. The Balaban J connectivity index is 0.00000126. The molecule has 144 valence electrons. The van der Waals surface area contributed by atoms with Crippen LogP contribution in [0.1, 0.15) is 61.7 Å². The van der Waals surface area contributed by atoms with Crippen LogP contribution in [0.2, 0.25) is 0 Å². The van der Waals surface area contributed by atoms with Gasteiger partial charge < -0.3 is 14.6 Å². The van der Waals surface area contributed by atoms with Gasteiger partial charge in [0.05, 0.1) is 19.1 Å². The number of Topliss-reactive ketones (excluding diaryl/α,β-unsaturated/α-hetero) is 1. The Morgan fingerprint density at radius 1 is 1.22 bits per heavy atom. The molecule has 0 amide bonds. The Morgan fingerprint density at radius 3 is 2.63 bits per heavy atom. The first-order valence-corrected chi connectivity index (χ1v) is 9.31. The van der Waals surface area contributed by atoms with Gasteiger partial charge in [-0.15, -0.1) is 0 Å². The third-order valence-electron chi connectivity index (χ3n) is 4.33. The van der Waals surface area contributed by atoms with Crippen molar-refractivity contribution in [3.8, 4) is 17.2 Å². The molecule has 2 aromatic carbocycles. The van der Waals surface area contributed by atoms with Gasteiger partial charge in [0.1, 0.15) is 23.4 Å². The highest BCUT2D eigenvalue weighted by Crippen LogP contribution is 2.38. The van der Waals surface area contributed by atoms with Crippen LogP contribution < -0.4 is 9.47 Å². The van der Waals surface area contributed by atoms with Gasteiger partial charge in [0.2, 0.25) is 0 Å². The highest BCUT2D eigenvalue weighted by atomic mass is 16.5. The largest absolute Gasteiger partial charge is 0.508 e. The Hall–Kier alpha value is -2.75. The quantitative estimate of drug-likeness (QED) is 0.709. The van der Waals surface area contributed by atoms with E-state index in [2.05, 4.69) is 6.08 Å². The number of ketones is 1. The smallest absolute Gasteiger partial charge is 0.170 e. The highest BCUT2D eigenvalue weighted by Gasteiger charge is 2.28. The van der Waals surface area contributed by atoms with Gasteiger partial charge in [0.15, 0.2) is 5.78 Å². The first kappa shape index (κ1) is 20.6. The third-order valence-corrected chi connectivity index (χ3v) is 4.33. The summed E-state index contributed by atoms with van der Waals surface area (Å²) >= 11 is 0. The molecular formula is C23H28O4. The molecule has 0 aromatic heterocycles. The van der Waals surface area contributed by atoms with E-state index in [-0.39, 0.29) is 24.1 Å². The van der Waals surface area contributed by atoms with Crippen molar-refractivity contribution in [2.75, 3.05) is 7.11 Å². The third kappa shape index (κ3) is 4.91. The average Bonchev–Trinajstić information content (AvgIpc) is 2.68. The minimum Gasteiger partial charge on any atom is -0.508 e. The molecule has 1 atom stereocenters. The molecule has 0 saturated heterocycles. The molecule has 1 aliphatic heterocycles. The van der Waals surface area contributed by atoms with Gasteiger partial charge in [0.25, 0.3) is 0 Å². The van der Waals surface area contributed by atoms with Crippen molar-refractivity contribution in [1.82, 2.24) is 0 Å². The summed E-state index contributed by atoms with van der Waals surface area (Å²) in [5, 5.41) is 10.1. The van der Waals surface area contributed by atoms with Crippen molar-refractivity contribution in [3.63, 3.8) is 0 Å². The van der Waals surface area contributed by atoms with Gasteiger partial charge in [0, 0.05) is 6.07 Å². The Morgan fingerprint density at radius 2 is 1.96 bits per heavy atom. The van der Waals surface area contributed by atoms with E-state index < -0.39 is 0 Å². The fourth-order valence-electron chi connectivity index (χ4n) is 2.90. The number of carbonyl (C=O) groups is 1. The zero-order chi connectivity index (χ0) is 20.0. The molecule has 0 saturated carbocycles. The minimum absolute atomic E-state index is 0.0489. The fraction of sp³-hybridized carbons (Fsp3) is 0.348. The average molecular weight is 368 g/mol. The maximum absolute atomic E-state index is 12.5. The summed E-state index contributed by atoms with van der Waals surface area (Å²) in [6, 6.07) is 10.6. The van der Waals surface area contributed by atoms with Crippen LogP contribution in [0.3, 0.4) is 0 Å². The topological polar surface area (TPSA) is 55.8 Å². The van der Waals surface area contributed by atoms with Crippen LogP contribution in [0.4, 0.5) is 0 Å². The van der Waals surface area contributed by atoms with Gasteiger partial charge >= 0.3 is 0 Å². The molecule has 0 radical (unpaired) electrons. The summed E-state index contributed by atoms with van der Waals surface area (Å²) in [5.41, 5.74) is 3.48. The molecule has 1 unspecified atom stereocenters. The molecule has 27 heavy (non-hydrogen) atoms. The van der Waals surface area contributed by atoms with E-state index in [4.69, 9.17) is 9.47 Å². The number of benzene rings is 2. The number of carbonyl (C=O) groups excluding carboxylic acids is 1. The van der Waals surface area contributed by atoms with Crippen LogP contribution in [-0.2, 0) is 6.42 Å². The second kappa shape index (κ2) is 9.26. The van der Waals surface area contributed by atoms with Gasteiger partial charge in [-0.2, -0.15) is 0 Å². The molecule has 1 aliphatic rings. The second-order valence-corrected chi connectivity index (χ2v) is 6.47. The molecule has 0 bridgehead atoms. The molecule has 3 rings (SSSR count). The Kier molecular flexibility index (Phi) is 7.05. The summed E-state index contributed by atoms with van der Waals surface area (Å²) in [6.45, 7) is 8.04. The summed E-state index contributed by atoms with van der Waals surface area (Å²) < 4.78 is 11.3. The number of fused-ring (bicyclic) bond motifs is 1. The number of methoxy groups -OCH3 is 1. The van der Waals surface area contributed by atoms with E-state index in [1.54, 1.807) is 31.4 Å². The normalized spacial score (nSPS) is 15.0. The predicted octanol–water partition coefficient (Wildman–Crippen LogP) is 5.64. The number of phenols is 1. The maximum Gasteiger partial charge on any atom is 0.170 e. The minimum atomic E-state index is -0.363. The van der Waals surface area contributed by atoms with Crippen LogP contribution in [-0.4, -0.2) is 18.0 Å². The van der Waals surface area contributed by atoms with Gasteiger partial charge in [-0.1, -0.05) is 31.6 Å². The van der Waals surface area contributed by atoms with Gasteiger partial charge in [-0.25, -0.2) is 0 Å². The number of rotatable bonds is 4. The zero-order valence-electron chi connectivity index (χ0n) is 16.7. The second-order valence-electron chi connectivity index (χ2n) is 6.47. The van der Waals surface area contributed by atoms with Crippen LogP contribution >= 0.6 is 0 Å². The van der Waals surface area contributed by atoms with E-state index in [0.29, 0.717) is 23.5 Å². The summed E-state index contributed by atoms with van der Waals surface area (Å²) in [7, 11) is 1.58. The monoisotopic (exact) mass is 368 g/mol. The van der Waals surface area contributed by atoms with Crippen molar-refractivity contribution in [2.24, 2.45) is 0 Å². The lowest BCUT2D eigenvalue weighted by atomic mass is 9.94. The maximum atomic E-state index is 12.5. The molecule has 4 heteroatoms. The molecule has 2 aromatic rings. The number of hydrogen-bond acceptors (Lipinski definition) is 4. The van der Waals surface area contributed by atoms with Crippen molar-refractivity contribution in [2.45, 2.75) is 46.6 Å². The molecular weight excluding hydrogens is 340 g/mol. The van der Waals surface area contributed by atoms with Gasteiger partial charge in [-0.05, 0) is 55.7 Å². The van der Waals surface area contributed by atoms with Crippen molar-refractivity contribution < 1.29 is 19.4 Å². The number of phenolic OH excluding ortho intramolecular Hbond substituents is 1. The molecule has 4 nitrogen and oxygen atoms in total. The first-order chi connectivity index (χ1) is 13.0. The molecule has 0 fully saturated rings. The predicted molar refractivity (Wildman–Crippen MR) is 108 cm³/mol. The highest BCUT2D eigenvalue weighted by molar-refractivity contribution is 6.00. The lowest BCUT2D eigenvalue weighted by Crippen LogP contribution is -2.20. The van der Waals surface area contributed by atoms with Crippen LogP contribution in [0.15, 0.2) is 48.0 Å². The van der Waals surface area contributed by atoms with Crippen LogP contribution in [0, 0.1) is 0 Å². The molecule has 0 spiro atoms. The van der Waals surface area contributed by atoms with Crippen LogP contribution in [0.25, 0.3) is 0 Å². The van der Waals surface area contributed by atoms with E-state index >= 15 is 0 Å². The number of hydrogen-bond donors (Lipinski definition) is 1. The van der Waals surface area contributed by atoms with Crippen molar-refractivity contribution >= 4 is 5.78 Å². The van der Waals surface area contributed by atoms with Crippen molar-refractivity contribution in [1.29, 1.82) is 0 Å². The van der Waals surface area contributed by atoms with E-state index in [9.17, 15) is 9.90 Å².